The Kier molecular flexibility index (Phi) is 4.65. The van der Waals surface area contributed by atoms with Gasteiger partial charge in [-0.25, -0.2) is 0 Å². The Morgan fingerprint density at radius 3 is 2.21 bits per heavy atom. The third-order valence-electron chi connectivity index (χ3n) is 2.50. The second kappa shape index (κ2) is 6.25. The van der Waals surface area contributed by atoms with E-state index in [4.69, 9.17) is 34.8 Å². The first kappa shape index (κ1) is 14.1. The van der Waals surface area contributed by atoms with Crippen molar-refractivity contribution in [2.45, 2.75) is 0 Å². The molecule has 19 heavy (non-hydrogen) atoms. The van der Waals surface area contributed by atoms with Crippen LogP contribution < -0.4 is 0 Å². The van der Waals surface area contributed by atoms with Crippen LogP contribution in [-0.4, -0.2) is 5.78 Å². The first-order chi connectivity index (χ1) is 9.06. The standard InChI is InChI=1S/C15H9Cl3O/c16-12-5-1-10(2-6-12)3-8-15(19)11-4-7-13(17)14(18)9-11/h1-9H/b8-3-. The van der Waals surface area contributed by atoms with E-state index in [1.807, 2.05) is 12.1 Å². The summed E-state index contributed by atoms with van der Waals surface area (Å²) in [5, 5.41) is 1.46. The highest BCUT2D eigenvalue weighted by atomic mass is 35.5. The molecular formula is C15H9Cl3O. The topological polar surface area (TPSA) is 17.1 Å². The smallest absolute Gasteiger partial charge is 0.185 e. The second-order valence-electron chi connectivity index (χ2n) is 3.88. The Labute approximate surface area is 126 Å². The average molecular weight is 312 g/mol. The van der Waals surface area contributed by atoms with Crippen LogP contribution in [0.25, 0.3) is 6.08 Å². The van der Waals surface area contributed by atoms with Gasteiger partial charge in [0, 0.05) is 10.6 Å². The van der Waals surface area contributed by atoms with E-state index in [1.54, 1.807) is 36.4 Å². The zero-order chi connectivity index (χ0) is 13.8. The first-order valence-corrected chi connectivity index (χ1v) is 6.63. The number of hydrogen-bond acceptors (Lipinski definition) is 1. The molecule has 0 N–H and O–H groups in total. The van der Waals surface area contributed by atoms with Crippen LogP contribution in [0.2, 0.25) is 15.1 Å². The minimum Gasteiger partial charge on any atom is -0.289 e. The molecule has 0 aliphatic carbocycles. The number of hydrogen-bond donors (Lipinski definition) is 0. The summed E-state index contributed by atoms with van der Waals surface area (Å²) in [6.45, 7) is 0. The minimum absolute atomic E-state index is 0.131. The van der Waals surface area contributed by atoms with Crippen LogP contribution in [0.5, 0.6) is 0 Å². The highest BCUT2D eigenvalue weighted by molar-refractivity contribution is 6.42. The molecule has 0 amide bonds. The van der Waals surface area contributed by atoms with Gasteiger partial charge in [0.2, 0.25) is 0 Å². The van der Waals surface area contributed by atoms with Crippen molar-refractivity contribution in [1.82, 2.24) is 0 Å². The number of benzene rings is 2. The van der Waals surface area contributed by atoms with Crippen LogP contribution in [0.1, 0.15) is 15.9 Å². The van der Waals surface area contributed by atoms with Gasteiger partial charge < -0.3 is 0 Å². The van der Waals surface area contributed by atoms with Crippen LogP contribution in [0.4, 0.5) is 0 Å². The van der Waals surface area contributed by atoms with Gasteiger partial charge >= 0.3 is 0 Å². The van der Waals surface area contributed by atoms with E-state index in [1.165, 1.54) is 6.08 Å². The second-order valence-corrected chi connectivity index (χ2v) is 5.13. The molecule has 96 valence electrons. The lowest BCUT2D eigenvalue weighted by molar-refractivity contribution is 0.104. The Hall–Kier alpha value is -1.28. The molecule has 2 aromatic rings. The van der Waals surface area contributed by atoms with Gasteiger partial charge in [0.25, 0.3) is 0 Å². The fraction of sp³-hybridized carbons (Fsp3) is 0. The fourth-order valence-electron chi connectivity index (χ4n) is 1.49. The van der Waals surface area contributed by atoms with Crippen molar-refractivity contribution in [3.05, 3.63) is 74.7 Å². The van der Waals surface area contributed by atoms with Gasteiger partial charge in [0.05, 0.1) is 10.0 Å². The molecule has 1 nitrogen and oxygen atoms in total. The van der Waals surface area contributed by atoms with Crippen molar-refractivity contribution in [2.24, 2.45) is 0 Å². The van der Waals surface area contributed by atoms with Crippen LogP contribution in [0, 0.1) is 0 Å². The number of halogens is 3. The summed E-state index contributed by atoms with van der Waals surface area (Å²) in [5.41, 5.74) is 1.40. The van der Waals surface area contributed by atoms with E-state index in [0.29, 0.717) is 20.6 Å². The molecule has 0 bridgehead atoms. The Bertz CT molecular complexity index is 630. The van der Waals surface area contributed by atoms with E-state index >= 15 is 0 Å². The summed E-state index contributed by atoms with van der Waals surface area (Å²) >= 11 is 17.5. The van der Waals surface area contributed by atoms with Gasteiger partial charge in [0.1, 0.15) is 0 Å². The number of allylic oxidation sites excluding steroid dienone is 1. The van der Waals surface area contributed by atoms with E-state index in [0.717, 1.165) is 5.56 Å². The van der Waals surface area contributed by atoms with Gasteiger partial charge in [-0.3, -0.25) is 4.79 Å². The lowest BCUT2D eigenvalue weighted by atomic mass is 10.1. The molecule has 0 radical (unpaired) electrons. The molecule has 4 heteroatoms. The van der Waals surface area contributed by atoms with Gasteiger partial charge in [-0.05, 0) is 42.0 Å². The molecule has 2 aromatic carbocycles. The highest BCUT2D eigenvalue weighted by Gasteiger charge is 2.04. The molecule has 0 aromatic heterocycles. The molecule has 0 aliphatic rings. The van der Waals surface area contributed by atoms with Crippen molar-refractivity contribution >= 4 is 46.7 Å². The summed E-state index contributed by atoms with van der Waals surface area (Å²) in [7, 11) is 0. The lowest BCUT2D eigenvalue weighted by Crippen LogP contribution is -1.93. The maximum Gasteiger partial charge on any atom is 0.185 e. The quantitative estimate of drug-likeness (QED) is 0.537. The molecule has 0 saturated carbocycles. The zero-order valence-corrected chi connectivity index (χ0v) is 12.0. The third-order valence-corrected chi connectivity index (χ3v) is 3.49. The summed E-state index contributed by atoms with van der Waals surface area (Å²) in [4.78, 5) is 11.9. The van der Waals surface area contributed by atoms with Gasteiger partial charge in [-0.1, -0.05) is 53.0 Å². The normalized spacial score (nSPS) is 10.9. The summed E-state index contributed by atoms with van der Waals surface area (Å²) in [6, 6.07) is 12.0. The molecule has 2 rings (SSSR count). The van der Waals surface area contributed by atoms with Gasteiger partial charge in [-0.2, -0.15) is 0 Å². The number of carbonyl (C=O) groups excluding carboxylic acids is 1. The van der Waals surface area contributed by atoms with E-state index < -0.39 is 0 Å². The summed E-state index contributed by atoms with van der Waals surface area (Å²) < 4.78 is 0. The largest absolute Gasteiger partial charge is 0.289 e. The molecule has 0 heterocycles. The number of carbonyl (C=O) groups is 1. The van der Waals surface area contributed by atoms with Crippen molar-refractivity contribution in [3.63, 3.8) is 0 Å². The average Bonchev–Trinajstić information content (AvgIpc) is 2.41. The zero-order valence-electron chi connectivity index (χ0n) is 9.74. The van der Waals surface area contributed by atoms with Crippen molar-refractivity contribution in [1.29, 1.82) is 0 Å². The predicted molar refractivity (Wildman–Crippen MR) is 81.3 cm³/mol. The lowest BCUT2D eigenvalue weighted by Gasteiger charge is -1.99. The van der Waals surface area contributed by atoms with E-state index in [9.17, 15) is 4.79 Å². The van der Waals surface area contributed by atoms with E-state index in [2.05, 4.69) is 0 Å². The van der Waals surface area contributed by atoms with Crippen molar-refractivity contribution < 1.29 is 4.79 Å². The molecular weight excluding hydrogens is 303 g/mol. The van der Waals surface area contributed by atoms with Crippen LogP contribution in [0.15, 0.2) is 48.5 Å². The Balaban J connectivity index is 2.16. The number of ketones is 1. The fourth-order valence-corrected chi connectivity index (χ4v) is 1.92. The minimum atomic E-state index is -0.131. The molecule has 0 saturated heterocycles. The van der Waals surface area contributed by atoms with Gasteiger partial charge in [-0.15, -0.1) is 0 Å². The molecule has 0 unspecified atom stereocenters. The van der Waals surface area contributed by atoms with Crippen LogP contribution in [-0.2, 0) is 0 Å². The first-order valence-electron chi connectivity index (χ1n) is 5.49. The molecule has 0 aliphatic heterocycles. The molecule has 0 atom stereocenters. The van der Waals surface area contributed by atoms with Gasteiger partial charge in [0.15, 0.2) is 5.78 Å². The highest BCUT2D eigenvalue weighted by Crippen LogP contribution is 2.23. The molecule has 0 fully saturated rings. The maximum absolute atomic E-state index is 11.9. The van der Waals surface area contributed by atoms with Crippen molar-refractivity contribution in [2.75, 3.05) is 0 Å². The Morgan fingerprint density at radius 1 is 0.895 bits per heavy atom. The predicted octanol–water partition coefficient (Wildman–Crippen LogP) is 5.54. The van der Waals surface area contributed by atoms with Crippen molar-refractivity contribution in [3.8, 4) is 0 Å². The van der Waals surface area contributed by atoms with E-state index in [-0.39, 0.29) is 5.78 Å². The van der Waals surface area contributed by atoms with Crippen LogP contribution >= 0.6 is 34.8 Å². The summed E-state index contributed by atoms with van der Waals surface area (Å²) in [6.07, 6.45) is 3.21. The number of rotatable bonds is 3. The molecule has 0 spiro atoms. The third kappa shape index (κ3) is 3.84. The summed E-state index contributed by atoms with van der Waals surface area (Å²) in [5.74, 6) is -0.131. The maximum atomic E-state index is 11.9. The monoisotopic (exact) mass is 310 g/mol. The van der Waals surface area contributed by atoms with Crippen LogP contribution in [0.3, 0.4) is 0 Å². The SMILES string of the molecule is O=C(/C=C\c1ccc(Cl)cc1)c1ccc(Cl)c(Cl)c1. The Morgan fingerprint density at radius 2 is 1.58 bits per heavy atom.